The molecule has 2 aromatic carbocycles. The molecule has 0 aromatic heterocycles. The van der Waals surface area contributed by atoms with Crippen LogP contribution in [0, 0.1) is 0 Å². The Morgan fingerprint density at radius 2 is 1.67 bits per heavy atom. The Balaban J connectivity index is 1.88. The first-order valence-corrected chi connectivity index (χ1v) is 7.34. The first-order chi connectivity index (χ1) is 10.2. The molecule has 3 heteroatoms. The van der Waals surface area contributed by atoms with Gasteiger partial charge in [-0.05, 0) is 23.1 Å². The molecule has 0 fully saturated rings. The third-order valence-corrected chi connectivity index (χ3v) is 3.61. The van der Waals surface area contributed by atoms with Gasteiger partial charge in [-0.1, -0.05) is 61.5 Å². The number of hydrogen-bond acceptors (Lipinski definition) is 2. The van der Waals surface area contributed by atoms with Gasteiger partial charge in [0.1, 0.15) is 0 Å². The van der Waals surface area contributed by atoms with Crippen LogP contribution < -0.4 is 11.1 Å². The fourth-order valence-electron chi connectivity index (χ4n) is 2.36. The van der Waals surface area contributed by atoms with Crippen molar-refractivity contribution >= 4 is 5.91 Å². The second kappa shape index (κ2) is 7.60. The van der Waals surface area contributed by atoms with E-state index in [1.165, 1.54) is 11.1 Å². The molecule has 21 heavy (non-hydrogen) atoms. The van der Waals surface area contributed by atoms with E-state index in [-0.39, 0.29) is 11.9 Å². The molecule has 0 saturated carbocycles. The number of carbonyl (C=O) groups excluding carboxylic acids is 1. The van der Waals surface area contributed by atoms with Crippen LogP contribution in [0.15, 0.2) is 54.6 Å². The molecule has 110 valence electrons. The lowest BCUT2D eigenvalue weighted by Crippen LogP contribution is -2.27. The van der Waals surface area contributed by atoms with E-state index < -0.39 is 0 Å². The van der Waals surface area contributed by atoms with E-state index in [1.54, 1.807) is 0 Å². The number of nitrogens with one attached hydrogen (secondary N) is 1. The summed E-state index contributed by atoms with van der Waals surface area (Å²) in [6, 6.07) is 17.6. The molecular formula is C18H22N2O. The Morgan fingerprint density at radius 1 is 1.05 bits per heavy atom. The molecule has 3 N–H and O–H groups in total. The van der Waals surface area contributed by atoms with Crippen LogP contribution in [-0.2, 0) is 17.8 Å². The van der Waals surface area contributed by atoms with Gasteiger partial charge in [0.05, 0.1) is 0 Å². The Hall–Kier alpha value is -2.13. The predicted octanol–water partition coefficient (Wildman–Crippen LogP) is 2.96. The molecule has 1 amide bonds. The van der Waals surface area contributed by atoms with Crippen molar-refractivity contribution in [2.75, 3.05) is 0 Å². The van der Waals surface area contributed by atoms with Crippen LogP contribution in [0.5, 0.6) is 0 Å². The number of benzene rings is 2. The van der Waals surface area contributed by atoms with Crippen molar-refractivity contribution in [2.45, 2.75) is 32.4 Å². The van der Waals surface area contributed by atoms with Gasteiger partial charge in [-0.3, -0.25) is 4.79 Å². The van der Waals surface area contributed by atoms with Crippen molar-refractivity contribution in [3.05, 3.63) is 71.3 Å². The summed E-state index contributed by atoms with van der Waals surface area (Å²) >= 11 is 0. The molecule has 0 aliphatic rings. The monoisotopic (exact) mass is 282 g/mol. The Morgan fingerprint density at radius 3 is 2.33 bits per heavy atom. The lowest BCUT2D eigenvalue weighted by Gasteiger charge is -2.13. The van der Waals surface area contributed by atoms with Gasteiger partial charge in [0.25, 0.3) is 0 Å². The van der Waals surface area contributed by atoms with E-state index >= 15 is 0 Å². The highest BCUT2D eigenvalue weighted by Crippen LogP contribution is 2.13. The van der Waals surface area contributed by atoms with Crippen molar-refractivity contribution in [3.8, 4) is 0 Å². The molecule has 1 atom stereocenters. The van der Waals surface area contributed by atoms with Crippen LogP contribution >= 0.6 is 0 Å². The Kier molecular flexibility index (Phi) is 5.52. The summed E-state index contributed by atoms with van der Waals surface area (Å²) in [7, 11) is 0. The van der Waals surface area contributed by atoms with Crippen molar-refractivity contribution in [1.29, 1.82) is 0 Å². The van der Waals surface area contributed by atoms with E-state index in [9.17, 15) is 4.79 Å². The van der Waals surface area contributed by atoms with Gasteiger partial charge in [0.15, 0.2) is 0 Å². The Labute approximate surface area is 126 Å². The van der Waals surface area contributed by atoms with Gasteiger partial charge >= 0.3 is 0 Å². The van der Waals surface area contributed by atoms with Crippen LogP contribution in [0.2, 0.25) is 0 Å². The minimum absolute atomic E-state index is 0.0164. The Bertz CT molecular complexity index is 581. The number of hydrogen-bond donors (Lipinski definition) is 2. The number of carbonyl (C=O) groups is 1. The zero-order valence-corrected chi connectivity index (χ0v) is 12.4. The zero-order valence-electron chi connectivity index (χ0n) is 12.4. The van der Waals surface area contributed by atoms with Crippen LogP contribution in [0.3, 0.4) is 0 Å². The fourth-order valence-corrected chi connectivity index (χ4v) is 2.36. The van der Waals surface area contributed by atoms with E-state index in [0.29, 0.717) is 13.0 Å². The maximum Gasteiger partial charge on any atom is 0.222 e. The van der Waals surface area contributed by atoms with Gasteiger partial charge in [-0.2, -0.15) is 0 Å². The third kappa shape index (κ3) is 4.43. The summed E-state index contributed by atoms with van der Waals surface area (Å²) in [6.45, 7) is 2.68. The summed E-state index contributed by atoms with van der Waals surface area (Å²) in [5.41, 5.74) is 9.48. The third-order valence-electron chi connectivity index (χ3n) is 3.61. The normalized spacial score (nSPS) is 11.9. The maximum absolute atomic E-state index is 12.0. The molecule has 0 aliphatic carbocycles. The zero-order chi connectivity index (χ0) is 15.1. The van der Waals surface area contributed by atoms with Crippen molar-refractivity contribution in [1.82, 2.24) is 5.32 Å². The average molecular weight is 282 g/mol. The van der Waals surface area contributed by atoms with E-state index in [1.807, 2.05) is 42.5 Å². The molecular weight excluding hydrogens is 260 g/mol. The van der Waals surface area contributed by atoms with Gasteiger partial charge in [0, 0.05) is 19.0 Å². The molecule has 0 spiro atoms. The number of nitrogens with two attached hydrogens (primary N) is 1. The highest BCUT2D eigenvalue weighted by Gasteiger charge is 2.11. The molecule has 0 heterocycles. The lowest BCUT2D eigenvalue weighted by atomic mass is 10.0. The second-order valence-electron chi connectivity index (χ2n) is 5.12. The molecule has 2 aromatic rings. The smallest absolute Gasteiger partial charge is 0.222 e. The molecule has 0 saturated heterocycles. The summed E-state index contributed by atoms with van der Waals surface area (Å²) in [4.78, 5) is 12.0. The molecule has 0 radical (unpaired) electrons. The maximum atomic E-state index is 12.0. The summed E-state index contributed by atoms with van der Waals surface area (Å²) < 4.78 is 0. The molecule has 2 rings (SSSR count). The predicted molar refractivity (Wildman–Crippen MR) is 85.7 cm³/mol. The van der Waals surface area contributed by atoms with Gasteiger partial charge in [-0.15, -0.1) is 0 Å². The summed E-state index contributed by atoms with van der Waals surface area (Å²) in [5, 5.41) is 2.96. The number of rotatable bonds is 6. The topological polar surface area (TPSA) is 55.1 Å². The number of amides is 1. The highest BCUT2D eigenvalue weighted by atomic mass is 16.1. The largest absolute Gasteiger partial charge is 0.352 e. The van der Waals surface area contributed by atoms with Crippen LogP contribution in [0.1, 0.15) is 36.1 Å². The molecule has 0 aliphatic heterocycles. The van der Waals surface area contributed by atoms with Crippen molar-refractivity contribution in [2.24, 2.45) is 5.73 Å². The van der Waals surface area contributed by atoms with Gasteiger partial charge < -0.3 is 11.1 Å². The molecule has 3 nitrogen and oxygen atoms in total. The lowest BCUT2D eigenvalue weighted by molar-refractivity contribution is -0.121. The van der Waals surface area contributed by atoms with Gasteiger partial charge in [0.2, 0.25) is 5.91 Å². The SMILES string of the molecule is CCc1ccccc1CNC(=O)CC(N)c1ccccc1. The molecule has 1 unspecified atom stereocenters. The average Bonchev–Trinajstić information content (AvgIpc) is 2.54. The number of aryl methyl sites for hydroxylation is 1. The van der Waals surface area contributed by atoms with Gasteiger partial charge in [-0.25, -0.2) is 0 Å². The van der Waals surface area contributed by atoms with Crippen molar-refractivity contribution < 1.29 is 4.79 Å². The first-order valence-electron chi connectivity index (χ1n) is 7.34. The van der Waals surface area contributed by atoms with Crippen LogP contribution in [0.4, 0.5) is 0 Å². The second-order valence-corrected chi connectivity index (χ2v) is 5.12. The fraction of sp³-hybridized carbons (Fsp3) is 0.278. The van der Waals surface area contributed by atoms with E-state index in [0.717, 1.165) is 12.0 Å². The van der Waals surface area contributed by atoms with E-state index in [4.69, 9.17) is 5.73 Å². The molecule has 0 bridgehead atoms. The quantitative estimate of drug-likeness (QED) is 0.856. The minimum atomic E-state index is -0.257. The van der Waals surface area contributed by atoms with Crippen LogP contribution in [-0.4, -0.2) is 5.91 Å². The first kappa shape index (κ1) is 15.3. The van der Waals surface area contributed by atoms with Crippen LogP contribution in [0.25, 0.3) is 0 Å². The standard InChI is InChI=1S/C18H22N2O/c1-2-14-8-6-7-11-16(14)13-20-18(21)12-17(19)15-9-4-3-5-10-15/h3-11,17H,2,12-13,19H2,1H3,(H,20,21). The minimum Gasteiger partial charge on any atom is -0.352 e. The highest BCUT2D eigenvalue weighted by molar-refractivity contribution is 5.76. The van der Waals surface area contributed by atoms with Crippen molar-refractivity contribution in [3.63, 3.8) is 0 Å². The summed E-state index contributed by atoms with van der Waals surface area (Å²) in [6.07, 6.45) is 1.27. The van der Waals surface area contributed by atoms with E-state index in [2.05, 4.69) is 24.4 Å². The summed E-state index contributed by atoms with van der Waals surface area (Å²) in [5.74, 6) is -0.0164.